The molecule has 1 aliphatic carbocycles. The number of carbonyl (C=O) groups is 1. The van der Waals surface area contributed by atoms with E-state index in [1.54, 1.807) is 6.07 Å². The lowest BCUT2D eigenvalue weighted by Crippen LogP contribution is -2.56. The van der Waals surface area contributed by atoms with E-state index in [1.165, 1.54) is 30.0 Å². The zero-order valence-corrected chi connectivity index (χ0v) is 45.2. The van der Waals surface area contributed by atoms with Crippen molar-refractivity contribution in [1.29, 1.82) is 0 Å². The molecule has 5 aromatic rings. The Kier molecular flexibility index (Phi) is 13.4. The highest BCUT2D eigenvalue weighted by molar-refractivity contribution is 7.90. The number of nitro groups is 1. The number of rotatable bonds is 12. The van der Waals surface area contributed by atoms with Crippen LogP contribution in [0.15, 0.2) is 77.8 Å². The monoisotopic (exact) mass is 1060 g/mol. The van der Waals surface area contributed by atoms with Gasteiger partial charge in [0.2, 0.25) is 5.88 Å². The molecule has 19 heteroatoms. The normalized spacial score (nSPS) is 25.1. The zero-order chi connectivity index (χ0) is 52.6. The summed E-state index contributed by atoms with van der Waals surface area (Å²) in [6.45, 7) is 18.9. The van der Waals surface area contributed by atoms with Gasteiger partial charge in [-0.15, -0.1) is 0 Å². The number of amides is 1. The number of aromatic amines is 1. The van der Waals surface area contributed by atoms with Gasteiger partial charge in [0, 0.05) is 112 Å². The van der Waals surface area contributed by atoms with E-state index in [1.807, 2.05) is 42.3 Å². The molecule has 1 unspecified atom stereocenters. The molecular formula is C57H72N10O8S. The molecule has 5 fully saturated rings. The molecule has 6 aliphatic heterocycles. The van der Waals surface area contributed by atoms with Gasteiger partial charge >= 0.3 is 0 Å². The summed E-state index contributed by atoms with van der Waals surface area (Å²) in [5.41, 5.74) is 5.73. The molecule has 3 N–H and O–H groups in total. The topological polar surface area (TPSA) is 191 Å². The van der Waals surface area contributed by atoms with Gasteiger partial charge in [-0.25, -0.2) is 13.1 Å². The number of nitrogens with one attached hydrogen (secondary N) is 3. The number of likely N-dealkylation sites (tertiary alicyclic amines) is 1. The van der Waals surface area contributed by atoms with Crippen LogP contribution in [0.2, 0.25) is 0 Å². The Bertz CT molecular complexity index is 3130. The highest BCUT2D eigenvalue weighted by Crippen LogP contribution is 2.54. The van der Waals surface area contributed by atoms with Crippen LogP contribution in [-0.4, -0.2) is 146 Å². The number of carbonyl (C=O) groups excluding carboxylic acids is 1. The average Bonchev–Trinajstić information content (AvgIpc) is 4.11. The SMILES string of the molecule is CC(C)c1ccccc1C1CCN(C(C)C)CCN1C1CC2(CCN(c3ccc(C(=O)NS(=O)(=O)c4cc5c(c([N+](=O)[O-])c4)N[C@H](CN4C[C@@H]6C[C@H]4CO6)CO5)c(N4CC[C@@H](C)Oc5nc6[nH]ccc6cc54)c3)CC2)C1. The van der Waals surface area contributed by atoms with E-state index in [9.17, 15) is 23.3 Å². The van der Waals surface area contributed by atoms with Crippen molar-refractivity contribution in [3.63, 3.8) is 0 Å². The van der Waals surface area contributed by atoms with E-state index in [4.69, 9.17) is 19.2 Å². The number of benzene rings is 3. The zero-order valence-electron chi connectivity index (χ0n) is 44.4. The quantitative estimate of drug-likeness (QED) is 0.0795. The summed E-state index contributed by atoms with van der Waals surface area (Å²) < 4.78 is 49.2. The van der Waals surface area contributed by atoms with Crippen molar-refractivity contribution in [1.82, 2.24) is 29.4 Å². The minimum atomic E-state index is -4.68. The largest absolute Gasteiger partial charge is 0.489 e. The van der Waals surface area contributed by atoms with Gasteiger partial charge in [0.15, 0.2) is 11.4 Å². The second-order valence-electron chi connectivity index (χ2n) is 23.3. The average molecular weight is 1060 g/mol. The van der Waals surface area contributed by atoms with Crippen LogP contribution in [0.25, 0.3) is 11.0 Å². The van der Waals surface area contributed by atoms with Gasteiger partial charge in [-0.2, -0.15) is 4.98 Å². The Labute approximate surface area is 445 Å². The third-order valence-electron chi connectivity index (χ3n) is 17.8. The second-order valence-corrected chi connectivity index (χ2v) is 24.9. The van der Waals surface area contributed by atoms with Crippen LogP contribution in [-0.2, 0) is 14.8 Å². The number of nitro benzene ring substituents is 1. The van der Waals surface area contributed by atoms with E-state index < -0.39 is 31.4 Å². The third-order valence-corrected chi connectivity index (χ3v) is 19.2. The second kappa shape index (κ2) is 20.1. The number of hydrogen-bond acceptors (Lipinski definition) is 15. The lowest BCUT2D eigenvalue weighted by molar-refractivity contribution is -0.384. The van der Waals surface area contributed by atoms with Crippen LogP contribution in [0, 0.1) is 15.5 Å². The Morgan fingerprint density at radius 3 is 2.50 bits per heavy atom. The molecular weight excluding hydrogens is 985 g/mol. The number of hydrogen-bond donors (Lipinski definition) is 3. The number of sulfonamides is 1. The van der Waals surface area contributed by atoms with Crippen molar-refractivity contribution in [3.8, 4) is 11.6 Å². The first-order valence-electron chi connectivity index (χ1n) is 27.6. The van der Waals surface area contributed by atoms with Crippen LogP contribution >= 0.6 is 0 Å². The summed E-state index contributed by atoms with van der Waals surface area (Å²) >= 11 is 0. The van der Waals surface area contributed by atoms with Crippen LogP contribution in [0.4, 0.5) is 28.4 Å². The Morgan fingerprint density at radius 2 is 1.75 bits per heavy atom. The molecule has 7 aliphatic rings. The molecule has 4 saturated heterocycles. The third kappa shape index (κ3) is 9.64. The van der Waals surface area contributed by atoms with Gasteiger partial charge in [-0.05, 0) is 112 Å². The summed E-state index contributed by atoms with van der Waals surface area (Å²) in [5.74, 6) is 0.0153. The predicted molar refractivity (Wildman–Crippen MR) is 293 cm³/mol. The van der Waals surface area contributed by atoms with E-state index in [-0.39, 0.29) is 47.3 Å². The van der Waals surface area contributed by atoms with Gasteiger partial charge in [0.25, 0.3) is 21.6 Å². The standard InChI is InChI=1S/C57H72N10O8S/c1-35(2)45-8-6-7-9-46(45)48-14-18-62(36(3)4)22-23-65(48)42-29-57(30-42)15-20-63(21-16-57)40-10-11-47(49(26-40)66-19-13-37(5)75-56-51(66)24-38-12-17-58-54(38)60-56)55(68)61-76(71,72)44-27-50(67(69)70)53-52(28-44)74-33-39(59-53)31-64-32-43-25-41(64)34-73-43/h6-12,17,24,26-28,35-37,39,41-43,48,59H,13-16,18-23,25,29-34H2,1-5H3,(H,58,60)(H,61,68)/t37-,39-,41+,43+,48?/m1/s1. The fourth-order valence-corrected chi connectivity index (χ4v) is 14.6. The number of nitrogens with zero attached hydrogens (tertiary/aromatic N) is 7. The van der Waals surface area contributed by atoms with Crippen molar-refractivity contribution in [3.05, 3.63) is 99.7 Å². The lowest BCUT2D eigenvalue weighted by Gasteiger charge is -2.57. The van der Waals surface area contributed by atoms with Gasteiger partial charge < -0.3 is 34.3 Å². The van der Waals surface area contributed by atoms with E-state index >= 15 is 0 Å². The van der Waals surface area contributed by atoms with Gasteiger partial charge in [0.05, 0.1) is 45.9 Å². The predicted octanol–water partition coefficient (Wildman–Crippen LogP) is 8.57. The molecule has 12 rings (SSSR count). The molecule has 76 heavy (non-hydrogen) atoms. The maximum atomic E-state index is 14.7. The number of piperidine rings is 1. The highest BCUT2D eigenvalue weighted by Gasteiger charge is 2.50. The number of morpholine rings is 1. The maximum Gasteiger partial charge on any atom is 0.297 e. The summed E-state index contributed by atoms with van der Waals surface area (Å²) in [6.07, 6.45) is 8.95. The molecule has 18 nitrogen and oxygen atoms in total. The van der Waals surface area contributed by atoms with Crippen LogP contribution in [0.5, 0.6) is 11.6 Å². The molecule has 404 valence electrons. The van der Waals surface area contributed by atoms with Gasteiger partial charge in [-0.3, -0.25) is 29.6 Å². The number of anilines is 4. The lowest BCUT2D eigenvalue weighted by atomic mass is 9.59. The first kappa shape index (κ1) is 50.8. The van der Waals surface area contributed by atoms with E-state index in [0.717, 1.165) is 82.1 Å². The van der Waals surface area contributed by atoms with Crippen LogP contribution in [0.3, 0.4) is 0 Å². The minimum absolute atomic E-state index is 0.0331. The molecule has 5 atom stereocenters. The van der Waals surface area contributed by atoms with Crippen molar-refractivity contribution in [2.24, 2.45) is 5.41 Å². The molecule has 1 saturated carbocycles. The summed E-state index contributed by atoms with van der Waals surface area (Å²) in [5, 5.41) is 16.7. The molecule has 3 aromatic carbocycles. The summed E-state index contributed by atoms with van der Waals surface area (Å²) in [6, 6.07) is 22.3. The number of ether oxygens (including phenoxy) is 3. The molecule has 1 spiro atoms. The van der Waals surface area contributed by atoms with Crippen molar-refractivity contribution in [2.45, 2.75) is 133 Å². The first-order valence-corrected chi connectivity index (χ1v) is 29.1. The number of aromatic nitrogens is 2. The van der Waals surface area contributed by atoms with E-state index in [2.05, 4.69) is 86.6 Å². The van der Waals surface area contributed by atoms with Crippen molar-refractivity contribution < 1.29 is 32.3 Å². The van der Waals surface area contributed by atoms with Crippen molar-refractivity contribution >= 4 is 55.4 Å². The fraction of sp³-hybridized carbons (Fsp3) is 0.544. The Balaban J connectivity index is 0.805. The minimum Gasteiger partial charge on any atom is -0.489 e. The molecule has 0 radical (unpaired) electrons. The molecule has 1 amide bonds. The smallest absolute Gasteiger partial charge is 0.297 e. The van der Waals surface area contributed by atoms with Gasteiger partial charge in [0.1, 0.15) is 17.9 Å². The van der Waals surface area contributed by atoms with Gasteiger partial charge in [-0.1, -0.05) is 38.1 Å². The Morgan fingerprint density at radius 1 is 0.934 bits per heavy atom. The van der Waals surface area contributed by atoms with Crippen LogP contribution in [0.1, 0.15) is 113 Å². The number of pyridine rings is 1. The number of H-pyrrole nitrogens is 1. The molecule has 8 heterocycles. The number of fused-ring (bicyclic) bond motifs is 5. The summed E-state index contributed by atoms with van der Waals surface area (Å²) in [7, 11) is -4.68. The maximum absolute atomic E-state index is 14.7. The fourth-order valence-electron chi connectivity index (χ4n) is 13.6. The Hall–Kier alpha value is -5.99. The first-order chi connectivity index (χ1) is 36.6. The van der Waals surface area contributed by atoms with Crippen LogP contribution < -0.4 is 29.3 Å². The summed E-state index contributed by atoms with van der Waals surface area (Å²) in [4.78, 5) is 46.5. The molecule has 2 aromatic heterocycles. The van der Waals surface area contributed by atoms with Crippen molar-refractivity contribution in [2.75, 3.05) is 80.7 Å². The highest BCUT2D eigenvalue weighted by atomic mass is 32.2. The molecule has 2 bridgehead atoms. The van der Waals surface area contributed by atoms with E-state index in [0.29, 0.717) is 79.1 Å².